The molecule has 2 aromatic carbocycles. The Kier molecular flexibility index (Phi) is 5.32. The number of benzene rings is 2. The Morgan fingerprint density at radius 1 is 1.29 bits per heavy atom. The topological polar surface area (TPSA) is 45.9 Å². The highest BCUT2D eigenvalue weighted by molar-refractivity contribution is 8.05. The van der Waals surface area contributed by atoms with Gasteiger partial charge >= 0.3 is 0 Å². The van der Waals surface area contributed by atoms with Gasteiger partial charge < -0.3 is 4.74 Å². The van der Waals surface area contributed by atoms with Crippen molar-refractivity contribution >= 4 is 39.4 Å². The van der Waals surface area contributed by atoms with Crippen molar-refractivity contribution in [2.24, 2.45) is 0 Å². The monoisotopic (exact) mass is 350 g/mol. The van der Waals surface area contributed by atoms with Crippen LogP contribution in [-0.2, 0) is 0 Å². The van der Waals surface area contributed by atoms with Gasteiger partial charge in [-0.3, -0.25) is 0 Å². The van der Waals surface area contributed by atoms with E-state index in [4.69, 9.17) is 4.74 Å². The van der Waals surface area contributed by atoms with E-state index in [-0.39, 0.29) is 0 Å². The highest BCUT2D eigenvalue weighted by Crippen LogP contribution is 2.34. The molecule has 0 radical (unpaired) electrons. The van der Waals surface area contributed by atoms with Gasteiger partial charge in [0.1, 0.15) is 18.4 Å². The summed E-state index contributed by atoms with van der Waals surface area (Å²) in [6.07, 6.45) is 3.55. The number of fused-ring (bicyclic) bond motifs is 1. The fourth-order valence-corrected chi connectivity index (χ4v) is 4.05. The maximum absolute atomic E-state index is 9.43. The van der Waals surface area contributed by atoms with Crippen LogP contribution in [-0.4, -0.2) is 11.6 Å². The van der Waals surface area contributed by atoms with Crippen molar-refractivity contribution in [1.82, 2.24) is 4.98 Å². The van der Waals surface area contributed by atoms with E-state index in [1.807, 2.05) is 54.6 Å². The Morgan fingerprint density at radius 2 is 2.17 bits per heavy atom. The zero-order chi connectivity index (χ0) is 16.8. The standard InChI is InChI=1S/C19H14N2OS2/c1-2-10-22-15-7-5-6-14(11-15)12-16(13-20)23-19-21-17-8-3-4-9-18(17)24-19/h2-9,11-12H,1,10H2/b16-12+. The van der Waals surface area contributed by atoms with Crippen molar-refractivity contribution in [2.45, 2.75) is 4.34 Å². The zero-order valence-electron chi connectivity index (χ0n) is 12.8. The van der Waals surface area contributed by atoms with Crippen LogP contribution in [0.5, 0.6) is 5.75 Å². The first-order valence-electron chi connectivity index (χ1n) is 7.27. The molecule has 0 unspecified atom stereocenters. The van der Waals surface area contributed by atoms with Crippen LogP contribution in [0.2, 0.25) is 0 Å². The summed E-state index contributed by atoms with van der Waals surface area (Å²) in [6.45, 7) is 4.09. The number of nitriles is 1. The summed E-state index contributed by atoms with van der Waals surface area (Å²) in [5, 5.41) is 9.43. The Morgan fingerprint density at radius 3 is 2.96 bits per heavy atom. The minimum absolute atomic E-state index is 0.457. The third-order valence-electron chi connectivity index (χ3n) is 3.11. The lowest BCUT2D eigenvalue weighted by atomic mass is 10.2. The minimum atomic E-state index is 0.457. The number of thioether (sulfide) groups is 1. The second-order valence-electron chi connectivity index (χ2n) is 4.84. The van der Waals surface area contributed by atoms with Crippen LogP contribution >= 0.6 is 23.1 Å². The third-order valence-corrected chi connectivity index (χ3v) is 5.13. The summed E-state index contributed by atoms with van der Waals surface area (Å²) >= 11 is 2.97. The molecule has 0 aliphatic rings. The quantitative estimate of drug-likeness (QED) is 0.334. The predicted octanol–water partition coefficient (Wildman–Crippen LogP) is 5.52. The molecule has 5 heteroatoms. The van der Waals surface area contributed by atoms with Gasteiger partial charge in [0.2, 0.25) is 0 Å². The van der Waals surface area contributed by atoms with Crippen molar-refractivity contribution in [3.05, 3.63) is 71.7 Å². The van der Waals surface area contributed by atoms with Crippen LogP contribution in [0.15, 0.2) is 70.4 Å². The van der Waals surface area contributed by atoms with Gasteiger partial charge in [-0.15, -0.1) is 11.3 Å². The summed E-state index contributed by atoms with van der Waals surface area (Å²) < 4.78 is 7.51. The number of aromatic nitrogens is 1. The van der Waals surface area contributed by atoms with E-state index in [0.29, 0.717) is 11.5 Å². The molecule has 0 saturated heterocycles. The van der Waals surface area contributed by atoms with Gasteiger partial charge in [-0.1, -0.05) is 36.9 Å². The van der Waals surface area contributed by atoms with Crippen LogP contribution in [0, 0.1) is 11.3 Å². The maximum Gasteiger partial charge on any atom is 0.156 e. The molecule has 24 heavy (non-hydrogen) atoms. The van der Waals surface area contributed by atoms with E-state index >= 15 is 0 Å². The van der Waals surface area contributed by atoms with Gasteiger partial charge in [0.15, 0.2) is 4.34 Å². The van der Waals surface area contributed by atoms with E-state index in [9.17, 15) is 5.26 Å². The highest BCUT2D eigenvalue weighted by atomic mass is 32.2. The van der Waals surface area contributed by atoms with E-state index in [1.165, 1.54) is 11.8 Å². The molecule has 0 atom stereocenters. The Labute approximate surface area is 148 Å². The van der Waals surface area contributed by atoms with E-state index in [1.54, 1.807) is 17.4 Å². The fraction of sp³-hybridized carbons (Fsp3) is 0.0526. The number of hydrogen-bond acceptors (Lipinski definition) is 5. The van der Waals surface area contributed by atoms with E-state index in [0.717, 1.165) is 25.9 Å². The lowest BCUT2D eigenvalue weighted by Crippen LogP contribution is -1.92. The first-order valence-corrected chi connectivity index (χ1v) is 8.91. The lowest BCUT2D eigenvalue weighted by molar-refractivity contribution is 0.363. The molecule has 0 aliphatic carbocycles. The molecule has 118 valence electrons. The fourth-order valence-electron chi connectivity index (χ4n) is 2.07. The Hall–Kier alpha value is -2.55. The second-order valence-corrected chi connectivity index (χ2v) is 7.16. The molecule has 0 fully saturated rings. The van der Waals surface area contributed by atoms with Crippen LogP contribution < -0.4 is 4.74 Å². The normalized spacial score (nSPS) is 11.2. The summed E-state index contributed by atoms with van der Waals surface area (Å²) in [7, 11) is 0. The molecule has 3 nitrogen and oxygen atoms in total. The van der Waals surface area contributed by atoms with Crippen molar-refractivity contribution in [1.29, 1.82) is 5.26 Å². The van der Waals surface area contributed by atoms with Crippen molar-refractivity contribution in [2.75, 3.05) is 6.61 Å². The number of rotatable bonds is 6. The Balaban J connectivity index is 1.81. The Bertz CT molecular complexity index is 905. The van der Waals surface area contributed by atoms with Gasteiger partial charge in [0, 0.05) is 0 Å². The lowest BCUT2D eigenvalue weighted by Gasteiger charge is -2.04. The van der Waals surface area contributed by atoms with Crippen molar-refractivity contribution in [3.8, 4) is 11.8 Å². The molecule has 0 aliphatic heterocycles. The van der Waals surface area contributed by atoms with Gasteiger partial charge in [-0.25, -0.2) is 4.98 Å². The summed E-state index contributed by atoms with van der Waals surface area (Å²) in [6, 6.07) is 17.8. The predicted molar refractivity (Wildman–Crippen MR) is 101 cm³/mol. The number of nitrogens with zero attached hydrogens (tertiary/aromatic N) is 2. The molecule has 3 rings (SSSR count). The van der Waals surface area contributed by atoms with Gasteiger partial charge in [0.25, 0.3) is 0 Å². The average Bonchev–Trinajstić information content (AvgIpc) is 3.02. The highest BCUT2D eigenvalue weighted by Gasteiger charge is 2.07. The summed E-state index contributed by atoms with van der Waals surface area (Å²) in [5.74, 6) is 0.755. The minimum Gasteiger partial charge on any atom is -0.490 e. The van der Waals surface area contributed by atoms with Crippen LogP contribution in [0.1, 0.15) is 5.56 Å². The van der Waals surface area contributed by atoms with Crippen LogP contribution in [0.25, 0.3) is 16.3 Å². The molecule has 0 amide bonds. The summed E-state index contributed by atoms with van der Waals surface area (Å²) in [4.78, 5) is 5.15. The SMILES string of the molecule is C=CCOc1cccc(/C=C(\C#N)Sc2nc3ccccc3s2)c1. The number of para-hydroxylation sites is 1. The van der Waals surface area contributed by atoms with Crippen molar-refractivity contribution in [3.63, 3.8) is 0 Å². The smallest absolute Gasteiger partial charge is 0.156 e. The van der Waals surface area contributed by atoms with Gasteiger partial charge in [-0.2, -0.15) is 5.26 Å². The van der Waals surface area contributed by atoms with E-state index < -0.39 is 0 Å². The van der Waals surface area contributed by atoms with E-state index in [2.05, 4.69) is 17.6 Å². The molecule has 0 N–H and O–H groups in total. The number of allylic oxidation sites excluding steroid dienone is 1. The third kappa shape index (κ3) is 4.05. The molecule has 0 saturated carbocycles. The van der Waals surface area contributed by atoms with Crippen LogP contribution in [0.4, 0.5) is 0 Å². The molecular weight excluding hydrogens is 336 g/mol. The largest absolute Gasteiger partial charge is 0.490 e. The second kappa shape index (κ2) is 7.82. The molecule has 0 bridgehead atoms. The number of ether oxygens (including phenoxy) is 1. The molecular formula is C19H14N2OS2. The maximum atomic E-state index is 9.43. The average molecular weight is 350 g/mol. The van der Waals surface area contributed by atoms with Crippen molar-refractivity contribution < 1.29 is 4.74 Å². The molecule has 3 aromatic rings. The number of thiazole rings is 1. The molecule has 1 aromatic heterocycles. The first kappa shape index (κ1) is 16.3. The summed E-state index contributed by atoms with van der Waals surface area (Å²) in [5.41, 5.74) is 1.88. The van der Waals surface area contributed by atoms with Crippen LogP contribution in [0.3, 0.4) is 0 Å². The van der Waals surface area contributed by atoms with Gasteiger partial charge in [0.05, 0.1) is 15.1 Å². The first-order chi connectivity index (χ1) is 11.8. The number of hydrogen-bond donors (Lipinski definition) is 0. The molecule has 1 heterocycles. The zero-order valence-corrected chi connectivity index (χ0v) is 14.4. The molecule has 0 spiro atoms. The van der Waals surface area contributed by atoms with Gasteiger partial charge in [-0.05, 0) is 47.7 Å².